The summed E-state index contributed by atoms with van der Waals surface area (Å²) in [6.45, 7) is 0.578. The van der Waals surface area contributed by atoms with Gasteiger partial charge in [-0.15, -0.1) is 0 Å². The van der Waals surface area contributed by atoms with Gasteiger partial charge in [0.15, 0.2) is 0 Å². The Bertz CT molecular complexity index is 568. The van der Waals surface area contributed by atoms with Gasteiger partial charge in [0.25, 0.3) is 0 Å². The first kappa shape index (κ1) is 11.5. The first-order chi connectivity index (χ1) is 8.22. The number of hydrogen-bond donors (Lipinski definition) is 1. The molecule has 1 aromatic carbocycles. The van der Waals surface area contributed by atoms with Crippen LogP contribution in [0.15, 0.2) is 30.5 Å². The molecule has 1 heterocycles. The van der Waals surface area contributed by atoms with Crippen LogP contribution in [0.2, 0.25) is 5.02 Å². The van der Waals surface area contributed by atoms with Gasteiger partial charge in [0.05, 0.1) is 28.5 Å². The van der Waals surface area contributed by atoms with Crippen LogP contribution in [-0.2, 0) is 13.6 Å². The molecule has 86 valence electrons. The molecule has 5 heteroatoms. The summed E-state index contributed by atoms with van der Waals surface area (Å²) >= 11 is 6.05. The number of nitrogens with zero attached hydrogens (tertiary/aromatic N) is 3. The van der Waals surface area contributed by atoms with E-state index in [-0.39, 0.29) is 0 Å². The summed E-state index contributed by atoms with van der Waals surface area (Å²) in [5.41, 5.74) is 2.23. The van der Waals surface area contributed by atoms with Gasteiger partial charge in [-0.25, -0.2) is 0 Å². The van der Waals surface area contributed by atoms with Crippen LogP contribution >= 0.6 is 11.6 Å². The van der Waals surface area contributed by atoms with Crippen LogP contribution in [0, 0.1) is 11.3 Å². The van der Waals surface area contributed by atoms with Crippen molar-refractivity contribution in [3.63, 3.8) is 0 Å². The van der Waals surface area contributed by atoms with Crippen molar-refractivity contribution in [2.75, 3.05) is 5.32 Å². The molecule has 2 aromatic rings. The van der Waals surface area contributed by atoms with E-state index in [2.05, 4.69) is 16.5 Å². The molecule has 1 aromatic heterocycles. The Balaban J connectivity index is 2.20. The van der Waals surface area contributed by atoms with Crippen molar-refractivity contribution < 1.29 is 0 Å². The smallest absolute Gasteiger partial charge is 0.101 e. The van der Waals surface area contributed by atoms with Crippen molar-refractivity contribution in [2.45, 2.75) is 6.54 Å². The van der Waals surface area contributed by atoms with Gasteiger partial charge >= 0.3 is 0 Å². The van der Waals surface area contributed by atoms with Crippen LogP contribution in [0.4, 0.5) is 5.69 Å². The molecule has 2 rings (SSSR count). The Hall–Kier alpha value is -1.99. The fraction of sp³-hybridized carbons (Fsp3) is 0.167. The summed E-state index contributed by atoms with van der Waals surface area (Å²) in [5, 5.41) is 16.8. The predicted molar refractivity (Wildman–Crippen MR) is 66.7 cm³/mol. The third-order valence-electron chi connectivity index (χ3n) is 2.50. The maximum Gasteiger partial charge on any atom is 0.101 e. The number of aromatic nitrogens is 2. The quantitative estimate of drug-likeness (QED) is 0.906. The van der Waals surface area contributed by atoms with Crippen molar-refractivity contribution in [1.29, 1.82) is 5.26 Å². The molecule has 0 bridgehead atoms. The van der Waals surface area contributed by atoms with E-state index < -0.39 is 0 Å². The molecule has 0 fully saturated rings. The molecular weight excluding hydrogens is 236 g/mol. The molecule has 0 amide bonds. The van der Waals surface area contributed by atoms with E-state index in [1.54, 1.807) is 29.1 Å². The number of anilines is 1. The molecule has 0 aliphatic rings. The predicted octanol–water partition coefficient (Wildman–Crippen LogP) is 2.56. The van der Waals surface area contributed by atoms with E-state index in [0.717, 1.165) is 5.69 Å². The monoisotopic (exact) mass is 246 g/mol. The van der Waals surface area contributed by atoms with Gasteiger partial charge in [0.1, 0.15) is 6.07 Å². The summed E-state index contributed by atoms with van der Waals surface area (Å²) in [5.74, 6) is 0. The third kappa shape index (κ3) is 2.40. The highest BCUT2D eigenvalue weighted by molar-refractivity contribution is 6.33. The summed E-state index contributed by atoms with van der Waals surface area (Å²) in [6.07, 6.45) is 1.73. The van der Waals surface area contributed by atoms with E-state index in [1.165, 1.54) is 0 Å². The fourth-order valence-electron chi connectivity index (χ4n) is 1.55. The number of aryl methyl sites for hydroxylation is 1. The molecule has 4 nitrogen and oxygen atoms in total. The average Bonchev–Trinajstić information content (AvgIpc) is 2.73. The highest BCUT2D eigenvalue weighted by Crippen LogP contribution is 2.25. The molecular formula is C12H11ClN4. The molecule has 17 heavy (non-hydrogen) atoms. The summed E-state index contributed by atoms with van der Waals surface area (Å²) in [7, 11) is 1.87. The lowest BCUT2D eigenvalue weighted by atomic mass is 10.2. The standard InChI is InChI=1S/C12H11ClN4/c1-17-10(5-6-16-17)8-15-12-9(7-14)3-2-4-11(12)13/h2-6,15H,8H2,1H3. The van der Waals surface area contributed by atoms with E-state index >= 15 is 0 Å². The summed E-state index contributed by atoms with van der Waals surface area (Å²) in [4.78, 5) is 0. The molecule has 0 spiro atoms. The van der Waals surface area contributed by atoms with Crippen molar-refractivity contribution >= 4 is 17.3 Å². The second-order valence-corrected chi connectivity index (χ2v) is 3.98. The van der Waals surface area contributed by atoms with Gasteiger partial charge in [-0.1, -0.05) is 17.7 Å². The molecule has 0 aliphatic carbocycles. The molecule has 0 atom stereocenters. The lowest BCUT2D eigenvalue weighted by molar-refractivity contribution is 0.720. The van der Waals surface area contributed by atoms with Gasteiger partial charge < -0.3 is 5.32 Å². The Morgan fingerprint density at radius 2 is 2.29 bits per heavy atom. The van der Waals surface area contributed by atoms with Crippen molar-refractivity contribution in [1.82, 2.24) is 9.78 Å². The number of rotatable bonds is 3. The largest absolute Gasteiger partial charge is 0.377 e. The SMILES string of the molecule is Cn1nccc1CNc1c(Cl)cccc1C#N. The topological polar surface area (TPSA) is 53.6 Å². The number of nitrogens with one attached hydrogen (secondary N) is 1. The van der Waals surface area contributed by atoms with Crippen LogP contribution in [0.3, 0.4) is 0 Å². The minimum absolute atomic E-state index is 0.541. The van der Waals surface area contributed by atoms with E-state index in [1.807, 2.05) is 13.1 Å². The minimum atomic E-state index is 0.541. The molecule has 1 N–H and O–H groups in total. The van der Waals surface area contributed by atoms with Gasteiger partial charge in [-0.2, -0.15) is 10.4 Å². The molecule has 0 radical (unpaired) electrons. The number of para-hydroxylation sites is 1. The van der Waals surface area contributed by atoms with Gasteiger partial charge in [0.2, 0.25) is 0 Å². The highest BCUT2D eigenvalue weighted by Gasteiger charge is 2.06. The zero-order chi connectivity index (χ0) is 12.3. The van der Waals surface area contributed by atoms with Gasteiger partial charge in [0, 0.05) is 13.2 Å². The first-order valence-corrected chi connectivity index (χ1v) is 5.49. The first-order valence-electron chi connectivity index (χ1n) is 5.11. The lowest BCUT2D eigenvalue weighted by Crippen LogP contribution is -2.06. The van der Waals surface area contributed by atoms with Crippen LogP contribution < -0.4 is 5.32 Å². The van der Waals surface area contributed by atoms with Crippen LogP contribution in [0.5, 0.6) is 0 Å². The summed E-state index contributed by atoms with van der Waals surface area (Å²) in [6, 6.07) is 9.28. The minimum Gasteiger partial charge on any atom is -0.377 e. The van der Waals surface area contributed by atoms with Gasteiger partial charge in [-0.05, 0) is 18.2 Å². The highest BCUT2D eigenvalue weighted by atomic mass is 35.5. The fourth-order valence-corrected chi connectivity index (χ4v) is 1.79. The molecule has 0 unspecified atom stereocenters. The number of halogens is 1. The van der Waals surface area contributed by atoms with Crippen molar-refractivity contribution in [2.24, 2.45) is 7.05 Å². The Kier molecular flexibility index (Phi) is 3.31. The van der Waals surface area contributed by atoms with Crippen molar-refractivity contribution in [3.05, 3.63) is 46.7 Å². The Morgan fingerprint density at radius 3 is 2.94 bits per heavy atom. The second-order valence-electron chi connectivity index (χ2n) is 3.57. The Morgan fingerprint density at radius 1 is 1.47 bits per heavy atom. The maximum atomic E-state index is 8.99. The number of hydrogen-bond acceptors (Lipinski definition) is 3. The van der Waals surface area contributed by atoms with Gasteiger partial charge in [-0.3, -0.25) is 4.68 Å². The van der Waals surface area contributed by atoms with Crippen LogP contribution in [0.1, 0.15) is 11.3 Å². The van der Waals surface area contributed by atoms with Crippen LogP contribution in [0.25, 0.3) is 0 Å². The van der Waals surface area contributed by atoms with E-state index in [4.69, 9.17) is 16.9 Å². The van der Waals surface area contributed by atoms with Crippen LogP contribution in [-0.4, -0.2) is 9.78 Å². The lowest BCUT2D eigenvalue weighted by Gasteiger charge is -2.10. The zero-order valence-electron chi connectivity index (χ0n) is 9.31. The zero-order valence-corrected chi connectivity index (χ0v) is 10.1. The maximum absolute atomic E-state index is 8.99. The number of benzene rings is 1. The van der Waals surface area contributed by atoms with Crippen molar-refractivity contribution in [3.8, 4) is 6.07 Å². The van der Waals surface area contributed by atoms with E-state index in [0.29, 0.717) is 22.8 Å². The number of nitriles is 1. The molecule has 0 saturated carbocycles. The Labute approximate surface area is 104 Å². The van der Waals surface area contributed by atoms with E-state index in [9.17, 15) is 0 Å². The second kappa shape index (κ2) is 4.89. The molecule has 0 saturated heterocycles. The molecule has 0 aliphatic heterocycles. The third-order valence-corrected chi connectivity index (χ3v) is 2.82. The normalized spacial score (nSPS) is 9.94. The summed E-state index contributed by atoms with van der Waals surface area (Å²) < 4.78 is 1.77. The average molecular weight is 247 g/mol.